The molecule has 8 nitrogen and oxygen atoms in total. The van der Waals surface area contributed by atoms with Gasteiger partial charge >= 0.3 is 5.97 Å². The average molecular weight is 624 g/mol. The van der Waals surface area contributed by atoms with Crippen molar-refractivity contribution in [2.75, 3.05) is 39.5 Å². The minimum atomic E-state index is -0.278. The molecule has 2 N–H and O–H groups in total. The Morgan fingerprint density at radius 3 is 2.32 bits per heavy atom. The zero-order valence-electron chi connectivity index (χ0n) is 27.1. The summed E-state index contributed by atoms with van der Waals surface area (Å²) >= 11 is 1.75. The van der Waals surface area contributed by atoms with Crippen LogP contribution in [-0.4, -0.2) is 63.0 Å². The Morgan fingerprint density at radius 2 is 1.70 bits per heavy atom. The highest BCUT2D eigenvalue weighted by Crippen LogP contribution is 2.28. The first-order valence-electron chi connectivity index (χ1n) is 15.2. The van der Waals surface area contributed by atoms with Crippen LogP contribution in [-0.2, 0) is 25.5 Å². The SMILES string of the molecule is C/C=C\CC(=O)NCCOCC.CCCNC(C)=O.CCOC(=O)c1ccc(CC2=NC/C(C)=C\Sc3ccccc32)cc1. The molecule has 2 aromatic carbocycles. The van der Waals surface area contributed by atoms with E-state index in [2.05, 4.69) is 47.2 Å². The molecule has 0 aliphatic carbocycles. The van der Waals surface area contributed by atoms with Gasteiger partial charge in [0.25, 0.3) is 0 Å². The number of fused-ring (bicyclic) bond motifs is 1. The van der Waals surface area contributed by atoms with Crippen LogP contribution in [0.4, 0.5) is 0 Å². The molecule has 9 heteroatoms. The summed E-state index contributed by atoms with van der Waals surface area (Å²) in [5, 5.41) is 7.57. The van der Waals surface area contributed by atoms with Gasteiger partial charge in [-0.15, -0.1) is 0 Å². The van der Waals surface area contributed by atoms with Gasteiger partial charge in [0.1, 0.15) is 0 Å². The van der Waals surface area contributed by atoms with Crippen LogP contribution in [0.5, 0.6) is 0 Å². The van der Waals surface area contributed by atoms with Crippen molar-refractivity contribution in [3.05, 3.63) is 88.4 Å². The molecule has 44 heavy (non-hydrogen) atoms. The number of aliphatic imine (C=N–C) groups is 1. The molecule has 0 saturated heterocycles. The van der Waals surface area contributed by atoms with Gasteiger partial charge in [-0.05, 0) is 68.9 Å². The second kappa shape index (κ2) is 23.7. The molecule has 0 bridgehead atoms. The Hall–Kier alpha value is -3.69. The van der Waals surface area contributed by atoms with E-state index < -0.39 is 0 Å². The standard InChI is InChI=1S/C21H21NO2S.C9H17NO2.C5H11NO/c1-3-24-21(23)17-10-8-16(9-11-17)12-19-18-6-4-5-7-20(18)25-14-15(2)13-22-19;1-3-5-6-9(11)10-7-8-12-4-2;1-3-4-6-5(2)7/h4-11,14H,3,12-13H2,1-2H3;3,5H,4,6-8H2,1-2H3,(H,10,11);3-4H2,1-2H3,(H,6,7)/b15-14-,22-19?;5-3-;. The molecule has 0 spiro atoms. The number of carbonyl (C=O) groups excluding carboxylic acids is 3. The minimum Gasteiger partial charge on any atom is -0.462 e. The summed E-state index contributed by atoms with van der Waals surface area (Å²) < 4.78 is 10.1. The summed E-state index contributed by atoms with van der Waals surface area (Å²) in [6.45, 7) is 15.1. The van der Waals surface area contributed by atoms with Gasteiger partial charge in [0.2, 0.25) is 11.8 Å². The van der Waals surface area contributed by atoms with Crippen LogP contribution in [0.1, 0.15) is 75.9 Å². The molecule has 1 aliphatic heterocycles. The van der Waals surface area contributed by atoms with Crippen molar-refractivity contribution in [1.82, 2.24) is 10.6 Å². The average Bonchev–Trinajstić information content (AvgIpc) is 3.02. The van der Waals surface area contributed by atoms with E-state index in [-0.39, 0.29) is 17.8 Å². The first-order chi connectivity index (χ1) is 21.2. The molecule has 0 saturated carbocycles. The van der Waals surface area contributed by atoms with Crippen LogP contribution in [0.3, 0.4) is 0 Å². The van der Waals surface area contributed by atoms with Crippen LogP contribution in [0.25, 0.3) is 0 Å². The molecule has 3 rings (SSSR count). The number of carbonyl (C=O) groups is 3. The Morgan fingerprint density at radius 1 is 0.977 bits per heavy atom. The van der Waals surface area contributed by atoms with E-state index in [1.54, 1.807) is 11.8 Å². The third-order valence-corrected chi connectivity index (χ3v) is 7.01. The highest BCUT2D eigenvalue weighted by atomic mass is 32.2. The van der Waals surface area contributed by atoms with E-state index in [1.807, 2.05) is 64.1 Å². The van der Waals surface area contributed by atoms with Crippen LogP contribution in [0, 0.1) is 0 Å². The van der Waals surface area contributed by atoms with E-state index in [1.165, 1.54) is 23.0 Å². The van der Waals surface area contributed by atoms with Gasteiger partial charge in [0, 0.05) is 55.6 Å². The molecule has 1 aliphatic rings. The Bertz CT molecular complexity index is 1240. The molecule has 240 valence electrons. The van der Waals surface area contributed by atoms with Crippen molar-refractivity contribution in [3.8, 4) is 0 Å². The van der Waals surface area contributed by atoms with E-state index in [0.29, 0.717) is 38.3 Å². The van der Waals surface area contributed by atoms with Crippen LogP contribution in [0.2, 0.25) is 0 Å². The maximum absolute atomic E-state index is 11.8. The second-order valence-corrected chi connectivity index (χ2v) is 10.6. The highest BCUT2D eigenvalue weighted by molar-refractivity contribution is 8.02. The van der Waals surface area contributed by atoms with Gasteiger partial charge in [-0.3, -0.25) is 14.6 Å². The predicted molar refractivity (Wildman–Crippen MR) is 181 cm³/mol. The Labute approximate surface area is 267 Å². The second-order valence-electron chi connectivity index (χ2n) is 9.74. The lowest BCUT2D eigenvalue weighted by atomic mass is 10.0. The predicted octanol–water partition coefficient (Wildman–Crippen LogP) is 6.54. The lowest BCUT2D eigenvalue weighted by molar-refractivity contribution is -0.120. The Kier molecular flexibility index (Phi) is 20.7. The molecular weight excluding hydrogens is 574 g/mol. The zero-order chi connectivity index (χ0) is 32.6. The number of rotatable bonds is 12. The van der Waals surface area contributed by atoms with E-state index in [4.69, 9.17) is 14.5 Å². The molecular formula is C35H49N3O5S. The summed E-state index contributed by atoms with van der Waals surface area (Å²) in [5.41, 5.74) is 5.24. The maximum atomic E-state index is 11.8. The van der Waals surface area contributed by atoms with Crippen molar-refractivity contribution in [3.63, 3.8) is 0 Å². The molecule has 2 amide bonds. The van der Waals surface area contributed by atoms with Crippen molar-refractivity contribution < 1.29 is 23.9 Å². The molecule has 0 fully saturated rings. The lowest BCUT2D eigenvalue weighted by Gasteiger charge is -2.14. The van der Waals surface area contributed by atoms with E-state index in [0.717, 1.165) is 37.2 Å². The van der Waals surface area contributed by atoms with Gasteiger partial charge in [0.15, 0.2) is 0 Å². The monoisotopic (exact) mass is 623 g/mol. The number of ether oxygens (including phenoxy) is 2. The van der Waals surface area contributed by atoms with Crippen LogP contribution in [0.15, 0.2) is 81.6 Å². The fourth-order valence-corrected chi connectivity index (χ4v) is 4.51. The van der Waals surface area contributed by atoms with Gasteiger partial charge in [-0.2, -0.15) is 0 Å². The van der Waals surface area contributed by atoms with Crippen molar-refractivity contribution in [2.45, 2.75) is 65.7 Å². The third-order valence-electron chi connectivity index (χ3n) is 5.88. The molecule has 2 aromatic rings. The fraction of sp³-hybridized carbons (Fsp3) is 0.429. The zero-order valence-corrected chi connectivity index (χ0v) is 27.9. The lowest BCUT2D eigenvalue weighted by Crippen LogP contribution is -2.26. The number of amides is 2. The summed E-state index contributed by atoms with van der Waals surface area (Å²) in [7, 11) is 0. The number of nitrogens with one attached hydrogen (secondary N) is 2. The number of hydrogen-bond acceptors (Lipinski definition) is 7. The van der Waals surface area contributed by atoms with Gasteiger partial charge < -0.3 is 20.1 Å². The van der Waals surface area contributed by atoms with E-state index >= 15 is 0 Å². The normalized spacial score (nSPS) is 13.2. The summed E-state index contributed by atoms with van der Waals surface area (Å²) in [5.74, 6) is -0.172. The summed E-state index contributed by atoms with van der Waals surface area (Å²) in [6.07, 6.45) is 5.91. The smallest absolute Gasteiger partial charge is 0.338 e. The number of thioether (sulfide) groups is 1. The van der Waals surface area contributed by atoms with Crippen molar-refractivity contribution >= 4 is 35.3 Å². The van der Waals surface area contributed by atoms with Crippen LogP contribution < -0.4 is 10.6 Å². The fourth-order valence-electron chi connectivity index (χ4n) is 3.64. The molecule has 1 heterocycles. The van der Waals surface area contributed by atoms with Gasteiger partial charge in [0.05, 0.1) is 25.3 Å². The summed E-state index contributed by atoms with van der Waals surface area (Å²) in [4.78, 5) is 38.9. The van der Waals surface area contributed by atoms with Crippen molar-refractivity contribution in [1.29, 1.82) is 0 Å². The van der Waals surface area contributed by atoms with Gasteiger partial charge in [-0.25, -0.2) is 4.79 Å². The van der Waals surface area contributed by atoms with Gasteiger partial charge in [-0.1, -0.05) is 61.2 Å². The third kappa shape index (κ3) is 16.8. The number of hydrogen-bond donors (Lipinski definition) is 2. The molecule has 0 atom stereocenters. The van der Waals surface area contributed by atoms with Crippen molar-refractivity contribution in [2.24, 2.45) is 4.99 Å². The van der Waals surface area contributed by atoms with Crippen LogP contribution >= 0.6 is 11.8 Å². The molecule has 0 unspecified atom stereocenters. The first kappa shape index (κ1) is 38.3. The number of nitrogens with zero attached hydrogens (tertiary/aromatic N) is 1. The quantitative estimate of drug-likeness (QED) is 0.158. The number of benzene rings is 2. The highest BCUT2D eigenvalue weighted by Gasteiger charge is 2.13. The number of allylic oxidation sites excluding steroid dienone is 1. The number of esters is 1. The topological polar surface area (TPSA) is 106 Å². The minimum absolute atomic E-state index is 0.0489. The van der Waals surface area contributed by atoms with E-state index in [9.17, 15) is 14.4 Å². The maximum Gasteiger partial charge on any atom is 0.338 e. The molecule has 0 radical (unpaired) electrons. The molecule has 0 aromatic heterocycles. The first-order valence-corrected chi connectivity index (χ1v) is 16.0. The summed E-state index contributed by atoms with van der Waals surface area (Å²) in [6, 6.07) is 16.0. The largest absolute Gasteiger partial charge is 0.462 e. The Balaban J connectivity index is 0.000000424.